The summed E-state index contributed by atoms with van der Waals surface area (Å²) in [5, 5.41) is 3.09. The van der Waals surface area contributed by atoms with Gasteiger partial charge in [-0.05, 0) is 30.7 Å². The summed E-state index contributed by atoms with van der Waals surface area (Å²) in [7, 11) is 0. The highest BCUT2D eigenvalue weighted by Crippen LogP contribution is 2.22. The van der Waals surface area contributed by atoms with Gasteiger partial charge in [0.1, 0.15) is 5.82 Å². The van der Waals surface area contributed by atoms with Crippen molar-refractivity contribution in [3.8, 4) is 0 Å². The third kappa shape index (κ3) is 4.80. The summed E-state index contributed by atoms with van der Waals surface area (Å²) in [5.41, 5.74) is 1.09. The molecule has 3 rings (SSSR count). The molecule has 0 bridgehead atoms. The second-order valence-electron chi connectivity index (χ2n) is 6.26. The average Bonchev–Trinajstić information content (AvgIpc) is 2.63. The molecule has 6 heteroatoms. The summed E-state index contributed by atoms with van der Waals surface area (Å²) in [6, 6.07) is 13.9. The Morgan fingerprint density at radius 1 is 1.16 bits per heavy atom. The Morgan fingerprint density at radius 2 is 1.88 bits per heavy atom. The van der Waals surface area contributed by atoms with Gasteiger partial charge >= 0.3 is 0 Å². The smallest absolute Gasteiger partial charge is 0.234 e. The normalized spacial score (nSPS) is 16.5. The summed E-state index contributed by atoms with van der Waals surface area (Å²) < 4.78 is 1.02. The maximum absolute atomic E-state index is 12.4. The van der Waals surface area contributed by atoms with Crippen molar-refractivity contribution in [2.45, 2.75) is 13.0 Å². The van der Waals surface area contributed by atoms with Gasteiger partial charge < -0.3 is 10.2 Å². The van der Waals surface area contributed by atoms with E-state index >= 15 is 0 Å². The van der Waals surface area contributed by atoms with Crippen LogP contribution in [0.4, 0.5) is 5.82 Å². The molecule has 1 aromatic carbocycles. The fourth-order valence-electron chi connectivity index (χ4n) is 3.07. The monoisotopic (exact) mass is 402 g/mol. The molecule has 1 N–H and O–H groups in total. The highest BCUT2D eigenvalue weighted by molar-refractivity contribution is 9.10. The zero-order valence-corrected chi connectivity index (χ0v) is 15.9. The van der Waals surface area contributed by atoms with E-state index in [4.69, 9.17) is 0 Å². The molecule has 0 saturated carbocycles. The molecule has 1 aromatic heterocycles. The van der Waals surface area contributed by atoms with Crippen LogP contribution in [0.15, 0.2) is 53.1 Å². The molecule has 1 amide bonds. The van der Waals surface area contributed by atoms with Gasteiger partial charge in [-0.15, -0.1) is 0 Å². The Balaban J connectivity index is 1.47. The molecule has 0 unspecified atom stereocenters. The molecule has 1 saturated heterocycles. The zero-order chi connectivity index (χ0) is 17.6. The van der Waals surface area contributed by atoms with Crippen LogP contribution in [0.1, 0.15) is 18.5 Å². The number of nitrogens with zero attached hydrogens (tertiary/aromatic N) is 3. The molecule has 1 aliphatic rings. The van der Waals surface area contributed by atoms with Crippen molar-refractivity contribution in [1.29, 1.82) is 0 Å². The van der Waals surface area contributed by atoms with Crippen LogP contribution >= 0.6 is 15.9 Å². The van der Waals surface area contributed by atoms with E-state index in [1.165, 1.54) is 0 Å². The number of hydrogen-bond donors (Lipinski definition) is 1. The van der Waals surface area contributed by atoms with Gasteiger partial charge in [-0.25, -0.2) is 4.98 Å². The number of halogens is 1. The highest BCUT2D eigenvalue weighted by Gasteiger charge is 2.20. The molecule has 2 heterocycles. The predicted octanol–water partition coefficient (Wildman–Crippen LogP) is 2.84. The van der Waals surface area contributed by atoms with Gasteiger partial charge in [0, 0.05) is 36.8 Å². The summed E-state index contributed by atoms with van der Waals surface area (Å²) in [5.74, 6) is 1.07. The molecule has 2 aromatic rings. The molecule has 1 atom stereocenters. The van der Waals surface area contributed by atoms with Gasteiger partial charge in [-0.2, -0.15) is 0 Å². The quantitative estimate of drug-likeness (QED) is 0.834. The number of nitrogens with one attached hydrogen (secondary N) is 1. The minimum atomic E-state index is -0.0158. The number of carbonyl (C=O) groups excluding carboxylic acids is 1. The standard InChI is InChI=1S/C19H23BrN4O/c1-15(16-6-2-3-7-17(16)20)22-19(25)14-23-10-12-24(13-11-23)18-8-4-5-9-21-18/h2-9,15H,10-14H2,1H3,(H,22,25)/t15-/m0/s1. The van der Waals surface area contributed by atoms with Crippen molar-refractivity contribution >= 4 is 27.7 Å². The molecule has 0 aliphatic carbocycles. The summed E-state index contributed by atoms with van der Waals surface area (Å²) >= 11 is 3.54. The summed E-state index contributed by atoms with van der Waals surface area (Å²) in [4.78, 5) is 21.2. The van der Waals surface area contributed by atoms with E-state index in [0.717, 1.165) is 42.0 Å². The fourth-order valence-corrected chi connectivity index (χ4v) is 3.70. The predicted molar refractivity (Wildman–Crippen MR) is 104 cm³/mol. The number of hydrogen-bond acceptors (Lipinski definition) is 4. The second kappa shape index (κ2) is 8.45. The van der Waals surface area contributed by atoms with Crippen LogP contribution < -0.4 is 10.2 Å². The zero-order valence-electron chi connectivity index (χ0n) is 14.4. The van der Waals surface area contributed by atoms with E-state index in [1.807, 2.05) is 55.6 Å². The molecular formula is C19H23BrN4O. The van der Waals surface area contributed by atoms with Gasteiger partial charge in [0.2, 0.25) is 5.91 Å². The highest BCUT2D eigenvalue weighted by atomic mass is 79.9. The van der Waals surface area contributed by atoms with Crippen LogP contribution in [0.3, 0.4) is 0 Å². The minimum Gasteiger partial charge on any atom is -0.354 e. The van der Waals surface area contributed by atoms with Crippen molar-refractivity contribution in [1.82, 2.24) is 15.2 Å². The largest absolute Gasteiger partial charge is 0.354 e. The first-order chi connectivity index (χ1) is 12.1. The van der Waals surface area contributed by atoms with Gasteiger partial charge in [0.25, 0.3) is 0 Å². The molecule has 25 heavy (non-hydrogen) atoms. The number of amides is 1. The van der Waals surface area contributed by atoms with Crippen molar-refractivity contribution in [2.24, 2.45) is 0 Å². The third-order valence-electron chi connectivity index (χ3n) is 4.46. The number of benzene rings is 1. The molecule has 1 aliphatic heterocycles. The minimum absolute atomic E-state index is 0.0158. The number of carbonyl (C=O) groups is 1. The molecular weight excluding hydrogens is 380 g/mol. The molecule has 0 radical (unpaired) electrons. The number of rotatable bonds is 5. The Bertz CT molecular complexity index is 702. The number of piperazine rings is 1. The van der Waals surface area contributed by atoms with Crippen LogP contribution in [0, 0.1) is 0 Å². The van der Waals surface area contributed by atoms with E-state index in [2.05, 4.69) is 36.0 Å². The first-order valence-corrected chi connectivity index (χ1v) is 9.35. The number of pyridine rings is 1. The van der Waals surface area contributed by atoms with E-state index in [0.29, 0.717) is 6.54 Å². The van der Waals surface area contributed by atoms with Crippen molar-refractivity contribution in [3.05, 3.63) is 58.7 Å². The number of anilines is 1. The maximum atomic E-state index is 12.4. The topological polar surface area (TPSA) is 48.5 Å². The van der Waals surface area contributed by atoms with Gasteiger partial charge in [0.15, 0.2) is 0 Å². The maximum Gasteiger partial charge on any atom is 0.234 e. The third-order valence-corrected chi connectivity index (χ3v) is 5.18. The Labute approximate surface area is 157 Å². The first-order valence-electron chi connectivity index (χ1n) is 8.55. The van der Waals surface area contributed by atoms with Gasteiger partial charge in [0.05, 0.1) is 12.6 Å². The van der Waals surface area contributed by atoms with E-state index in [-0.39, 0.29) is 11.9 Å². The van der Waals surface area contributed by atoms with Crippen LogP contribution in [0.25, 0.3) is 0 Å². The molecule has 132 valence electrons. The van der Waals surface area contributed by atoms with Crippen molar-refractivity contribution < 1.29 is 4.79 Å². The lowest BCUT2D eigenvalue weighted by Crippen LogP contribution is -2.49. The average molecular weight is 403 g/mol. The Hall–Kier alpha value is -1.92. The van der Waals surface area contributed by atoms with Gasteiger partial charge in [-0.1, -0.05) is 40.2 Å². The molecule has 1 fully saturated rings. The lowest BCUT2D eigenvalue weighted by atomic mass is 10.1. The van der Waals surface area contributed by atoms with Crippen LogP contribution in [-0.2, 0) is 4.79 Å². The lowest BCUT2D eigenvalue weighted by molar-refractivity contribution is -0.123. The SMILES string of the molecule is C[C@H](NC(=O)CN1CCN(c2ccccn2)CC1)c1ccccc1Br. The second-order valence-corrected chi connectivity index (χ2v) is 7.12. The van der Waals surface area contributed by atoms with E-state index < -0.39 is 0 Å². The Kier molecular flexibility index (Phi) is 6.04. The number of aromatic nitrogens is 1. The van der Waals surface area contributed by atoms with Crippen molar-refractivity contribution in [2.75, 3.05) is 37.6 Å². The van der Waals surface area contributed by atoms with Crippen LogP contribution in [0.2, 0.25) is 0 Å². The summed E-state index contributed by atoms with van der Waals surface area (Å²) in [6.45, 7) is 5.97. The van der Waals surface area contributed by atoms with Gasteiger partial charge in [-0.3, -0.25) is 9.69 Å². The van der Waals surface area contributed by atoms with E-state index in [9.17, 15) is 4.79 Å². The lowest BCUT2D eigenvalue weighted by Gasteiger charge is -2.35. The fraction of sp³-hybridized carbons (Fsp3) is 0.368. The summed E-state index contributed by atoms with van der Waals surface area (Å²) in [6.07, 6.45) is 1.82. The van der Waals surface area contributed by atoms with Crippen molar-refractivity contribution in [3.63, 3.8) is 0 Å². The van der Waals surface area contributed by atoms with Crippen LogP contribution in [-0.4, -0.2) is 48.5 Å². The van der Waals surface area contributed by atoms with E-state index in [1.54, 1.807) is 0 Å². The first kappa shape index (κ1) is 17.9. The van der Waals surface area contributed by atoms with Crippen LogP contribution in [0.5, 0.6) is 0 Å². The molecule has 5 nitrogen and oxygen atoms in total. The molecule has 0 spiro atoms. The Morgan fingerprint density at radius 3 is 2.56 bits per heavy atom.